The molecule has 0 spiro atoms. The van der Waals surface area contributed by atoms with Crippen molar-refractivity contribution in [3.8, 4) is 0 Å². The SMILES string of the molecule is CC(C(=O)N1CCC(C)(O)C1)C(N)c1ccccc1. The molecule has 1 aliphatic heterocycles. The zero-order chi connectivity index (χ0) is 14.0. The number of rotatable bonds is 3. The Kier molecular flexibility index (Phi) is 3.92. The zero-order valence-electron chi connectivity index (χ0n) is 11.5. The number of carbonyl (C=O) groups is 1. The van der Waals surface area contributed by atoms with E-state index in [2.05, 4.69) is 0 Å². The number of carbonyl (C=O) groups excluding carboxylic acids is 1. The summed E-state index contributed by atoms with van der Waals surface area (Å²) in [5.41, 5.74) is 6.37. The Labute approximate surface area is 114 Å². The van der Waals surface area contributed by atoms with Gasteiger partial charge in [0.05, 0.1) is 11.5 Å². The number of likely N-dealkylation sites (tertiary alicyclic amines) is 1. The van der Waals surface area contributed by atoms with E-state index in [1.54, 1.807) is 11.8 Å². The lowest BCUT2D eigenvalue weighted by Crippen LogP contribution is -2.40. The average molecular weight is 262 g/mol. The number of hydrogen-bond donors (Lipinski definition) is 2. The van der Waals surface area contributed by atoms with E-state index in [1.807, 2.05) is 37.3 Å². The Morgan fingerprint density at radius 2 is 2.05 bits per heavy atom. The third-order valence-electron chi connectivity index (χ3n) is 3.88. The smallest absolute Gasteiger partial charge is 0.227 e. The van der Waals surface area contributed by atoms with Crippen molar-refractivity contribution in [3.05, 3.63) is 35.9 Å². The first-order valence-electron chi connectivity index (χ1n) is 6.72. The van der Waals surface area contributed by atoms with Gasteiger partial charge in [-0.3, -0.25) is 4.79 Å². The zero-order valence-corrected chi connectivity index (χ0v) is 11.5. The van der Waals surface area contributed by atoms with Gasteiger partial charge in [-0.2, -0.15) is 0 Å². The Bertz CT molecular complexity index is 445. The molecule has 1 amide bonds. The largest absolute Gasteiger partial charge is 0.388 e. The highest BCUT2D eigenvalue weighted by Gasteiger charge is 2.36. The molecule has 0 aromatic heterocycles. The minimum atomic E-state index is -0.758. The summed E-state index contributed by atoms with van der Waals surface area (Å²) < 4.78 is 0. The Hall–Kier alpha value is -1.39. The molecule has 0 radical (unpaired) electrons. The van der Waals surface area contributed by atoms with Gasteiger partial charge in [0.2, 0.25) is 5.91 Å². The summed E-state index contributed by atoms with van der Waals surface area (Å²) in [7, 11) is 0. The maximum absolute atomic E-state index is 12.4. The summed E-state index contributed by atoms with van der Waals surface area (Å²) in [5.74, 6) is -0.259. The van der Waals surface area contributed by atoms with Crippen LogP contribution in [-0.4, -0.2) is 34.6 Å². The van der Waals surface area contributed by atoms with Crippen molar-refractivity contribution in [2.24, 2.45) is 11.7 Å². The highest BCUT2D eigenvalue weighted by molar-refractivity contribution is 5.79. The fraction of sp³-hybridized carbons (Fsp3) is 0.533. The maximum Gasteiger partial charge on any atom is 0.227 e. The Morgan fingerprint density at radius 3 is 2.58 bits per heavy atom. The van der Waals surface area contributed by atoms with Crippen LogP contribution in [0, 0.1) is 5.92 Å². The number of hydrogen-bond acceptors (Lipinski definition) is 3. The lowest BCUT2D eigenvalue weighted by Gasteiger charge is -2.26. The summed E-state index contributed by atoms with van der Waals surface area (Å²) in [4.78, 5) is 14.1. The monoisotopic (exact) mass is 262 g/mol. The summed E-state index contributed by atoms with van der Waals surface area (Å²) in [5, 5.41) is 9.93. The van der Waals surface area contributed by atoms with Gasteiger partial charge in [-0.1, -0.05) is 37.3 Å². The van der Waals surface area contributed by atoms with Crippen LogP contribution in [0.25, 0.3) is 0 Å². The number of aliphatic hydroxyl groups is 1. The van der Waals surface area contributed by atoms with Gasteiger partial charge in [-0.15, -0.1) is 0 Å². The molecule has 0 aliphatic carbocycles. The normalized spacial score (nSPS) is 26.2. The van der Waals surface area contributed by atoms with Crippen LogP contribution >= 0.6 is 0 Å². The summed E-state index contributed by atoms with van der Waals surface area (Å²) in [6, 6.07) is 9.35. The number of nitrogens with zero attached hydrogens (tertiary/aromatic N) is 1. The van der Waals surface area contributed by atoms with Gasteiger partial charge in [0, 0.05) is 19.1 Å². The van der Waals surface area contributed by atoms with Gasteiger partial charge in [0.15, 0.2) is 0 Å². The molecule has 4 heteroatoms. The van der Waals surface area contributed by atoms with Crippen molar-refractivity contribution in [3.63, 3.8) is 0 Å². The predicted octanol–water partition coefficient (Wildman–Crippen LogP) is 1.31. The Morgan fingerprint density at radius 1 is 1.42 bits per heavy atom. The molecule has 104 valence electrons. The predicted molar refractivity (Wildman–Crippen MR) is 74.4 cm³/mol. The van der Waals surface area contributed by atoms with Gasteiger partial charge in [-0.25, -0.2) is 0 Å². The summed E-state index contributed by atoms with van der Waals surface area (Å²) in [6.45, 7) is 4.63. The molecule has 0 bridgehead atoms. The maximum atomic E-state index is 12.4. The van der Waals surface area contributed by atoms with E-state index in [9.17, 15) is 9.90 Å². The van der Waals surface area contributed by atoms with Crippen LogP contribution in [0.3, 0.4) is 0 Å². The number of benzene rings is 1. The van der Waals surface area contributed by atoms with Crippen molar-refractivity contribution in [1.29, 1.82) is 0 Å². The van der Waals surface area contributed by atoms with Crippen molar-refractivity contribution < 1.29 is 9.90 Å². The third-order valence-corrected chi connectivity index (χ3v) is 3.88. The molecule has 1 aromatic carbocycles. The Balaban J connectivity index is 2.04. The van der Waals surface area contributed by atoms with Crippen molar-refractivity contribution in [2.45, 2.75) is 31.9 Å². The quantitative estimate of drug-likeness (QED) is 0.863. The standard InChI is InChI=1S/C15H22N2O2/c1-11(13(16)12-6-4-3-5-7-12)14(18)17-9-8-15(2,19)10-17/h3-7,11,13,19H,8-10,16H2,1-2H3. The molecule has 1 fully saturated rings. The van der Waals surface area contributed by atoms with Crippen LogP contribution in [-0.2, 0) is 4.79 Å². The van der Waals surface area contributed by atoms with E-state index < -0.39 is 5.60 Å². The van der Waals surface area contributed by atoms with Gasteiger partial charge in [0.25, 0.3) is 0 Å². The van der Waals surface area contributed by atoms with Gasteiger partial charge < -0.3 is 15.7 Å². The molecule has 2 rings (SSSR count). The lowest BCUT2D eigenvalue weighted by molar-refractivity contribution is -0.135. The van der Waals surface area contributed by atoms with Crippen molar-refractivity contribution >= 4 is 5.91 Å². The van der Waals surface area contributed by atoms with Gasteiger partial charge >= 0.3 is 0 Å². The van der Waals surface area contributed by atoms with Crippen molar-refractivity contribution in [1.82, 2.24) is 4.90 Å². The minimum absolute atomic E-state index is 0.0223. The highest BCUT2D eigenvalue weighted by atomic mass is 16.3. The lowest BCUT2D eigenvalue weighted by atomic mass is 9.94. The van der Waals surface area contributed by atoms with E-state index in [0.717, 1.165) is 5.56 Å². The first-order chi connectivity index (χ1) is 8.91. The second-order valence-electron chi connectivity index (χ2n) is 5.73. The second-order valence-corrected chi connectivity index (χ2v) is 5.73. The van der Waals surface area contributed by atoms with Gasteiger partial charge in [-0.05, 0) is 18.9 Å². The first kappa shape index (κ1) is 14.0. The fourth-order valence-corrected chi connectivity index (χ4v) is 2.54. The second kappa shape index (κ2) is 5.31. The number of nitrogens with two attached hydrogens (primary N) is 1. The van der Waals surface area contributed by atoms with Crippen molar-refractivity contribution in [2.75, 3.05) is 13.1 Å². The van der Waals surface area contributed by atoms with Crippen LogP contribution in [0.2, 0.25) is 0 Å². The summed E-state index contributed by atoms with van der Waals surface area (Å²) >= 11 is 0. The molecule has 1 heterocycles. The van der Waals surface area contributed by atoms with Crippen LogP contribution < -0.4 is 5.73 Å². The molecule has 3 atom stereocenters. The topological polar surface area (TPSA) is 66.6 Å². The molecular weight excluding hydrogens is 240 g/mol. The molecule has 3 N–H and O–H groups in total. The molecule has 1 aromatic rings. The first-order valence-corrected chi connectivity index (χ1v) is 6.72. The fourth-order valence-electron chi connectivity index (χ4n) is 2.54. The van der Waals surface area contributed by atoms with Crippen LogP contribution in [0.4, 0.5) is 0 Å². The molecule has 0 saturated carbocycles. The van der Waals surface area contributed by atoms with Crippen LogP contribution in [0.5, 0.6) is 0 Å². The van der Waals surface area contributed by atoms with E-state index in [1.165, 1.54) is 0 Å². The molecule has 1 aliphatic rings. The minimum Gasteiger partial charge on any atom is -0.388 e. The molecule has 4 nitrogen and oxygen atoms in total. The summed E-state index contributed by atoms with van der Waals surface area (Å²) in [6.07, 6.45) is 0.631. The molecule has 3 unspecified atom stereocenters. The van der Waals surface area contributed by atoms with Gasteiger partial charge in [0.1, 0.15) is 0 Å². The number of β-amino-alcohol motifs (C(OH)–C–C–N with tert-alkyl or cyclic N) is 1. The highest BCUT2D eigenvalue weighted by Crippen LogP contribution is 2.26. The van der Waals surface area contributed by atoms with Crippen LogP contribution in [0.15, 0.2) is 30.3 Å². The molecular formula is C15H22N2O2. The van der Waals surface area contributed by atoms with E-state index >= 15 is 0 Å². The number of amides is 1. The third kappa shape index (κ3) is 3.14. The van der Waals surface area contributed by atoms with E-state index in [0.29, 0.717) is 19.5 Å². The molecule has 19 heavy (non-hydrogen) atoms. The van der Waals surface area contributed by atoms with E-state index in [4.69, 9.17) is 5.73 Å². The average Bonchev–Trinajstić information content (AvgIpc) is 2.77. The van der Waals surface area contributed by atoms with Crippen LogP contribution in [0.1, 0.15) is 31.9 Å². The van der Waals surface area contributed by atoms with E-state index in [-0.39, 0.29) is 17.9 Å². The molecule has 1 saturated heterocycles.